The molecule has 1 atom stereocenters. The number of piperidine rings is 2. The van der Waals surface area contributed by atoms with Gasteiger partial charge in [0.15, 0.2) is 0 Å². The average Bonchev–Trinajstić information content (AvgIpc) is 2.99. The maximum absolute atomic E-state index is 12.6. The molecular weight excluding hydrogens is 252 g/mol. The van der Waals surface area contributed by atoms with Crippen molar-refractivity contribution in [3.8, 4) is 0 Å². The van der Waals surface area contributed by atoms with Crippen molar-refractivity contribution < 1.29 is 4.79 Å². The van der Waals surface area contributed by atoms with Gasteiger partial charge in [0.05, 0.1) is 6.04 Å². The number of likely N-dealkylation sites (tertiary alicyclic amines) is 1. The molecule has 114 valence electrons. The first-order chi connectivity index (χ1) is 9.84. The number of carbonyl (C=O) groups is 1. The molecular formula is C15H28N4O. The van der Waals surface area contributed by atoms with Gasteiger partial charge < -0.3 is 5.32 Å². The molecule has 3 aliphatic heterocycles. The van der Waals surface area contributed by atoms with Crippen LogP contribution in [0.1, 0.15) is 44.9 Å². The van der Waals surface area contributed by atoms with Crippen molar-refractivity contribution in [2.45, 2.75) is 57.0 Å². The van der Waals surface area contributed by atoms with E-state index in [4.69, 9.17) is 0 Å². The first-order valence-corrected chi connectivity index (χ1v) is 8.36. The smallest absolute Gasteiger partial charge is 0.251 e. The van der Waals surface area contributed by atoms with Gasteiger partial charge in [-0.3, -0.25) is 15.1 Å². The van der Waals surface area contributed by atoms with E-state index in [2.05, 4.69) is 20.7 Å². The number of amides is 1. The van der Waals surface area contributed by atoms with Crippen molar-refractivity contribution in [3.63, 3.8) is 0 Å². The molecule has 5 heteroatoms. The van der Waals surface area contributed by atoms with E-state index in [0.717, 1.165) is 39.1 Å². The highest BCUT2D eigenvalue weighted by Crippen LogP contribution is 2.24. The number of nitrogens with one attached hydrogen (secondary N) is 2. The Morgan fingerprint density at radius 1 is 0.950 bits per heavy atom. The van der Waals surface area contributed by atoms with E-state index >= 15 is 0 Å². The lowest BCUT2D eigenvalue weighted by Crippen LogP contribution is -2.54. The highest BCUT2D eigenvalue weighted by Gasteiger charge is 2.36. The fraction of sp³-hybridized carbons (Fsp3) is 0.933. The molecule has 0 aromatic carbocycles. The van der Waals surface area contributed by atoms with E-state index in [-0.39, 0.29) is 11.9 Å². The van der Waals surface area contributed by atoms with Gasteiger partial charge in [-0.1, -0.05) is 6.42 Å². The molecule has 2 N–H and O–H groups in total. The Kier molecular flexibility index (Phi) is 4.91. The summed E-state index contributed by atoms with van der Waals surface area (Å²) in [6.07, 6.45) is 8.30. The molecule has 0 aliphatic carbocycles. The number of hydrazine groups is 1. The van der Waals surface area contributed by atoms with Crippen LogP contribution in [-0.2, 0) is 4.79 Å². The SMILES string of the molecule is O=C(NN1CCCCC1)C1CCCN1C1CCNCC1. The third-order valence-electron chi connectivity index (χ3n) is 5.00. The van der Waals surface area contributed by atoms with Crippen LogP contribution in [0, 0.1) is 0 Å². The maximum Gasteiger partial charge on any atom is 0.251 e. The van der Waals surface area contributed by atoms with Gasteiger partial charge in [0.25, 0.3) is 5.91 Å². The van der Waals surface area contributed by atoms with E-state index in [0.29, 0.717) is 6.04 Å². The predicted molar refractivity (Wildman–Crippen MR) is 79.2 cm³/mol. The van der Waals surface area contributed by atoms with E-state index in [1.165, 1.54) is 38.5 Å². The molecule has 3 rings (SSSR count). The Hall–Kier alpha value is -0.650. The second kappa shape index (κ2) is 6.87. The molecule has 1 unspecified atom stereocenters. The Labute approximate surface area is 122 Å². The fourth-order valence-electron chi connectivity index (χ4n) is 3.88. The van der Waals surface area contributed by atoms with Crippen LogP contribution in [0.5, 0.6) is 0 Å². The van der Waals surface area contributed by atoms with Crippen LogP contribution in [-0.4, -0.2) is 60.6 Å². The number of rotatable bonds is 3. The van der Waals surface area contributed by atoms with Gasteiger partial charge in [0, 0.05) is 19.1 Å². The van der Waals surface area contributed by atoms with Crippen molar-refractivity contribution in [1.82, 2.24) is 20.7 Å². The van der Waals surface area contributed by atoms with Gasteiger partial charge in [0.2, 0.25) is 0 Å². The topological polar surface area (TPSA) is 47.6 Å². The van der Waals surface area contributed by atoms with E-state index in [9.17, 15) is 4.79 Å². The molecule has 3 aliphatic rings. The summed E-state index contributed by atoms with van der Waals surface area (Å²) < 4.78 is 0. The predicted octanol–water partition coefficient (Wildman–Crippen LogP) is 0.720. The molecule has 0 spiro atoms. The zero-order valence-electron chi connectivity index (χ0n) is 12.4. The summed E-state index contributed by atoms with van der Waals surface area (Å²) in [7, 11) is 0. The summed E-state index contributed by atoms with van der Waals surface area (Å²) >= 11 is 0. The monoisotopic (exact) mass is 280 g/mol. The first kappa shape index (κ1) is 14.3. The number of carbonyl (C=O) groups excluding carboxylic acids is 1. The molecule has 0 saturated carbocycles. The van der Waals surface area contributed by atoms with E-state index < -0.39 is 0 Å². The Balaban J connectivity index is 1.55. The number of hydrogen-bond donors (Lipinski definition) is 2. The lowest BCUT2D eigenvalue weighted by Gasteiger charge is -2.36. The van der Waals surface area contributed by atoms with Crippen LogP contribution in [0.3, 0.4) is 0 Å². The summed E-state index contributed by atoms with van der Waals surface area (Å²) in [5, 5.41) is 5.54. The molecule has 3 saturated heterocycles. The molecule has 3 fully saturated rings. The second-order valence-electron chi connectivity index (χ2n) is 6.40. The zero-order chi connectivity index (χ0) is 13.8. The largest absolute Gasteiger partial charge is 0.317 e. The lowest BCUT2D eigenvalue weighted by molar-refractivity contribution is -0.131. The molecule has 0 aromatic heterocycles. The molecule has 0 radical (unpaired) electrons. The van der Waals surface area contributed by atoms with Gasteiger partial charge in [-0.15, -0.1) is 0 Å². The maximum atomic E-state index is 12.6. The zero-order valence-corrected chi connectivity index (χ0v) is 12.4. The van der Waals surface area contributed by atoms with E-state index in [1.807, 2.05) is 0 Å². The van der Waals surface area contributed by atoms with Crippen molar-refractivity contribution in [2.75, 3.05) is 32.7 Å². The normalized spacial score (nSPS) is 30.5. The molecule has 3 heterocycles. The van der Waals surface area contributed by atoms with Gasteiger partial charge in [-0.25, -0.2) is 5.01 Å². The second-order valence-corrected chi connectivity index (χ2v) is 6.40. The Bertz CT molecular complexity index is 324. The minimum atomic E-state index is 0.111. The standard InChI is InChI=1S/C15H28N4O/c20-15(17-18-10-2-1-3-11-18)14-5-4-12-19(14)13-6-8-16-9-7-13/h13-14,16H,1-12H2,(H,17,20). The van der Waals surface area contributed by atoms with Gasteiger partial charge in [-0.2, -0.15) is 0 Å². The van der Waals surface area contributed by atoms with Crippen molar-refractivity contribution in [1.29, 1.82) is 0 Å². The summed E-state index contributed by atoms with van der Waals surface area (Å²) in [6, 6.07) is 0.718. The molecule has 0 bridgehead atoms. The van der Waals surface area contributed by atoms with Crippen molar-refractivity contribution in [2.24, 2.45) is 0 Å². The number of hydrogen-bond acceptors (Lipinski definition) is 4. The van der Waals surface area contributed by atoms with Crippen molar-refractivity contribution in [3.05, 3.63) is 0 Å². The third-order valence-corrected chi connectivity index (χ3v) is 5.00. The Morgan fingerprint density at radius 2 is 1.70 bits per heavy atom. The van der Waals surface area contributed by atoms with Gasteiger partial charge in [0.1, 0.15) is 0 Å². The minimum Gasteiger partial charge on any atom is -0.317 e. The average molecular weight is 280 g/mol. The molecule has 20 heavy (non-hydrogen) atoms. The summed E-state index contributed by atoms with van der Waals surface area (Å²) in [4.78, 5) is 15.0. The lowest BCUT2D eigenvalue weighted by atomic mass is 10.0. The molecule has 1 amide bonds. The summed E-state index contributed by atoms with van der Waals surface area (Å²) in [5.74, 6) is 0.239. The van der Waals surface area contributed by atoms with E-state index in [1.54, 1.807) is 0 Å². The van der Waals surface area contributed by atoms with Crippen LogP contribution in [0.4, 0.5) is 0 Å². The molecule has 0 aromatic rings. The molecule has 5 nitrogen and oxygen atoms in total. The van der Waals surface area contributed by atoms with Crippen LogP contribution in [0.25, 0.3) is 0 Å². The van der Waals surface area contributed by atoms with Crippen molar-refractivity contribution >= 4 is 5.91 Å². The van der Waals surface area contributed by atoms with Gasteiger partial charge in [-0.05, 0) is 58.2 Å². The first-order valence-electron chi connectivity index (χ1n) is 8.36. The van der Waals surface area contributed by atoms with Crippen LogP contribution in [0.2, 0.25) is 0 Å². The summed E-state index contributed by atoms with van der Waals surface area (Å²) in [5.41, 5.74) is 3.17. The van der Waals surface area contributed by atoms with Crippen LogP contribution < -0.4 is 10.7 Å². The quantitative estimate of drug-likeness (QED) is 0.800. The van der Waals surface area contributed by atoms with Crippen LogP contribution in [0.15, 0.2) is 0 Å². The number of nitrogens with zero attached hydrogens (tertiary/aromatic N) is 2. The highest BCUT2D eigenvalue weighted by atomic mass is 16.2. The minimum absolute atomic E-state index is 0.111. The fourth-order valence-corrected chi connectivity index (χ4v) is 3.88. The van der Waals surface area contributed by atoms with Crippen LogP contribution >= 0.6 is 0 Å². The summed E-state index contributed by atoms with van der Waals surface area (Å²) in [6.45, 7) is 5.34. The Morgan fingerprint density at radius 3 is 2.45 bits per heavy atom. The van der Waals surface area contributed by atoms with Gasteiger partial charge >= 0.3 is 0 Å². The highest BCUT2D eigenvalue weighted by molar-refractivity contribution is 5.81. The third kappa shape index (κ3) is 3.32.